The Balaban J connectivity index is 1.62. The van der Waals surface area contributed by atoms with E-state index in [1.807, 2.05) is 72.4 Å². The van der Waals surface area contributed by atoms with Crippen molar-refractivity contribution in [2.45, 2.75) is 6.54 Å². The lowest BCUT2D eigenvalue weighted by Crippen LogP contribution is -2.08. The highest BCUT2D eigenvalue weighted by atomic mass is 35.5. The van der Waals surface area contributed by atoms with E-state index in [1.165, 1.54) is 0 Å². The summed E-state index contributed by atoms with van der Waals surface area (Å²) in [5, 5.41) is 1.62. The first-order chi connectivity index (χ1) is 14.1. The van der Waals surface area contributed by atoms with Crippen LogP contribution in [0.5, 0.6) is 0 Å². The summed E-state index contributed by atoms with van der Waals surface area (Å²) in [6.45, 7) is 0.650. The highest BCUT2D eigenvalue weighted by Gasteiger charge is 2.21. The van der Waals surface area contributed by atoms with Crippen molar-refractivity contribution in [3.8, 4) is 0 Å². The first-order valence-electron chi connectivity index (χ1n) is 9.25. The molecule has 2 aromatic carbocycles. The normalized spacial score (nSPS) is 11.4. The van der Waals surface area contributed by atoms with E-state index in [9.17, 15) is 4.79 Å². The summed E-state index contributed by atoms with van der Waals surface area (Å²) >= 11 is 6.01. The number of fused-ring (bicyclic) bond motifs is 2. The molecule has 0 fully saturated rings. The van der Waals surface area contributed by atoms with Crippen LogP contribution < -0.4 is 0 Å². The van der Waals surface area contributed by atoms with Crippen molar-refractivity contribution >= 4 is 39.3 Å². The predicted octanol–water partition coefficient (Wildman–Crippen LogP) is 4.86. The van der Waals surface area contributed by atoms with Crippen LogP contribution >= 0.6 is 11.6 Å². The minimum atomic E-state index is -0.102. The molecule has 0 radical (unpaired) electrons. The van der Waals surface area contributed by atoms with E-state index in [2.05, 4.69) is 14.5 Å². The summed E-state index contributed by atoms with van der Waals surface area (Å²) < 4.78 is 3.92. The molecule has 142 valence electrons. The van der Waals surface area contributed by atoms with E-state index in [0.717, 1.165) is 22.0 Å². The lowest BCUT2D eigenvalue weighted by atomic mass is 10.1. The van der Waals surface area contributed by atoms with Crippen molar-refractivity contribution < 1.29 is 4.79 Å². The van der Waals surface area contributed by atoms with Gasteiger partial charge in [-0.1, -0.05) is 41.9 Å². The van der Waals surface area contributed by atoms with Gasteiger partial charge in [0.1, 0.15) is 5.52 Å². The van der Waals surface area contributed by atoms with Gasteiger partial charge >= 0.3 is 0 Å². The maximum Gasteiger partial charge on any atom is 0.230 e. The summed E-state index contributed by atoms with van der Waals surface area (Å²) in [5.41, 5.74) is 4.35. The highest BCUT2D eigenvalue weighted by Crippen LogP contribution is 2.26. The Labute approximate surface area is 172 Å². The fourth-order valence-electron chi connectivity index (χ4n) is 3.72. The van der Waals surface area contributed by atoms with Gasteiger partial charge < -0.3 is 9.13 Å². The van der Waals surface area contributed by atoms with Gasteiger partial charge in [-0.15, -0.1) is 0 Å². The van der Waals surface area contributed by atoms with Crippen molar-refractivity contribution in [1.82, 2.24) is 19.1 Å². The number of pyridine rings is 1. The maximum atomic E-state index is 13.4. The van der Waals surface area contributed by atoms with Crippen LogP contribution in [0, 0.1) is 0 Å². The number of carbonyl (C=O) groups excluding carboxylic acids is 1. The SMILES string of the molecule is Cn1c(C(=O)c2cn(Cc3ccc(Cl)cc3)c3ccccc23)nc2cnccc21. The largest absolute Gasteiger partial charge is 0.342 e. The third kappa shape index (κ3) is 3.00. The molecular formula is C23H17ClN4O. The molecule has 3 aromatic heterocycles. The average molecular weight is 401 g/mol. The molecule has 0 atom stereocenters. The molecule has 0 bridgehead atoms. The van der Waals surface area contributed by atoms with E-state index in [4.69, 9.17) is 11.6 Å². The first kappa shape index (κ1) is 17.6. The third-order valence-corrected chi connectivity index (χ3v) is 5.44. The van der Waals surface area contributed by atoms with Crippen LogP contribution in [-0.2, 0) is 13.6 Å². The standard InChI is InChI=1S/C23H17ClN4O/c1-27-21-10-11-25-12-19(21)26-23(27)22(29)18-14-28(20-5-3-2-4-17(18)20)13-15-6-8-16(24)9-7-15/h2-12,14H,13H2,1H3. The van der Waals surface area contributed by atoms with Crippen LogP contribution in [0.2, 0.25) is 5.02 Å². The number of rotatable bonds is 4. The van der Waals surface area contributed by atoms with Gasteiger partial charge in [0.15, 0.2) is 5.82 Å². The Morgan fingerprint density at radius 1 is 1.03 bits per heavy atom. The van der Waals surface area contributed by atoms with Crippen LogP contribution in [0.25, 0.3) is 21.9 Å². The number of benzene rings is 2. The first-order valence-corrected chi connectivity index (χ1v) is 9.63. The zero-order valence-electron chi connectivity index (χ0n) is 15.7. The fourth-order valence-corrected chi connectivity index (χ4v) is 3.85. The van der Waals surface area contributed by atoms with Gasteiger partial charge in [0.25, 0.3) is 0 Å². The minimum Gasteiger partial charge on any atom is -0.342 e. The number of aryl methyl sites for hydroxylation is 1. The van der Waals surface area contributed by atoms with Gasteiger partial charge in [-0.25, -0.2) is 4.98 Å². The van der Waals surface area contributed by atoms with E-state index in [-0.39, 0.29) is 5.78 Å². The van der Waals surface area contributed by atoms with Crippen LogP contribution in [-0.4, -0.2) is 24.9 Å². The van der Waals surface area contributed by atoms with Crippen molar-refractivity contribution in [3.05, 3.63) is 95.2 Å². The Bertz CT molecular complexity index is 1370. The lowest BCUT2D eigenvalue weighted by Gasteiger charge is -2.05. The van der Waals surface area contributed by atoms with Crippen LogP contribution in [0.4, 0.5) is 0 Å². The third-order valence-electron chi connectivity index (χ3n) is 5.19. The summed E-state index contributed by atoms with van der Waals surface area (Å²) in [4.78, 5) is 22.1. The molecule has 0 aliphatic carbocycles. The molecule has 0 unspecified atom stereocenters. The van der Waals surface area contributed by atoms with Gasteiger partial charge in [-0.3, -0.25) is 9.78 Å². The van der Waals surface area contributed by atoms with Gasteiger partial charge in [-0.2, -0.15) is 0 Å². The second kappa shape index (κ2) is 6.87. The van der Waals surface area contributed by atoms with Crippen LogP contribution in [0.1, 0.15) is 21.7 Å². The summed E-state index contributed by atoms with van der Waals surface area (Å²) in [6, 6.07) is 17.5. The highest BCUT2D eigenvalue weighted by molar-refractivity contribution is 6.30. The molecule has 0 N–H and O–H groups in total. The number of hydrogen-bond acceptors (Lipinski definition) is 3. The number of imidazole rings is 1. The monoisotopic (exact) mass is 400 g/mol. The minimum absolute atomic E-state index is 0.102. The van der Waals surface area contributed by atoms with Crippen LogP contribution in [0.15, 0.2) is 73.2 Å². The zero-order chi connectivity index (χ0) is 20.0. The molecule has 0 saturated heterocycles. The number of nitrogens with zero attached hydrogens (tertiary/aromatic N) is 4. The molecule has 0 aliphatic heterocycles. The predicted molar refractivity (Wildman–Crippen MR) is 114 cm³/mol. The molecule has 0 saturated carbocycles. The molecule has 5 rings (SSSR count). The van der Waals surface area contributed by atoms with Gasteiger partial charge in [0.05, 0.1) is 17.3 Å². The smallest absolute Gasteiger partial charge is 0.230 e. The number of aromatic nitrogens is 4. The Morgan fingerprint density at radius 2 is 1.83 bits per heavy atom. The molecule has 6 heteroatoms. The topological polar surface area (TPSA) is 52.7 Å². The Hall–Kier alpha value is -3.44. The average Bonchev–Trinajstić information content (AvgIpc) is 3.28. The zero-order valence-corrected chi connectivity index (χ0v) is 16.5. The molecule has 0 amide bonds. The molecular weight excluding hydrogens is 384 g/mol. The maximum absolute atomic E-state index is 13.4. The van der Waals surface area contributed by atoms with Crippen molar-refractivity contribution in [2.24, 2.45) is 7.05 Å². The summed E-state index contributed by atoms with van der Waals surface area (Å²) in [7, 11) is 1.86. The fraction of sp³-hybridized carbons (Fsp3) is 0.0870. The second-order valence-electron chi connectivity index (χ2n) is 7.00. The van der Waals surface area contributed by atoms with Gasteiger partial charge in [-0.05, 0) is 29.8 Å². The van der Waals surface area contributed by atoms with E-state index in [0.29, 0.717) is 28.5 Å². The van der Waals surface area contributed by atoms with Crippen molar-refractivity contribution in [1.29, 1.82) is 0 Å². The van der Waals surface area contributed by atoms with Gasteiger partial charge in [0, 0.05) is 41.9 Å². The number of halogens is 1. The second-order valence-corrected chi connectivity index (χ2v) is 7.44. The van der Waals surface area contributed by atoms with E-state index < -0.39 is 0 Å². The number of para-hydroxylation sites is 1. The summed E-state index contributed by atoms with van der Waals surface area (Å²) in [5.74, 6) is 0.303. The number of carbonyl (C=O) groups is 1. The Morgan fingerprint density at radius 3 is 2.62 bits per heavy atom. The molecule has 3 heterocycles. The van der Waals surface area contributed by atoms with Crippen LogP contribution in [0.3, 0.4) is 0 Å². The quantitative estimate of drug-likeness (QED) is 0.405. The number of ketones is 1. The molecule has 5 aromatic rings. The molecule has 29 heavy (non-hydrogen) atoms. The molecule has 0 aliphatic rings. The molecule has 5 nitrogen and oxygen atoms in total. The molecule has 0 spiro atoms. The van der Waals surface area contributed by atoms with Gasteiger partial charge in [0.2, 0.25) is 5.78 Å². The van der Waals surface area contributed by atoms with Crippen molar-refractivity contribution in [2.75, 3.05) is 0 Å². The lowest BCUT2D eigenvalue weighted by molar-refractivity contribution is 0.102. The Kier molecular flexibility index (Phi) is 4.18. The summed E-state index contributed by atoms with van der Waals surface area (Å²) in [6.07, 6.45) is 5.30. The van der Waals surface area contributed by atoms with E-state index >= 15 is 0 Å². The van der Waals surface area contributed by atoms with E-state index in [1.54, 1.807) is 12.4 Å². The van der Waals surface area contributed by atoms with Crippen molar-refractivity contribution in [3.63, 3.8) is 0 Å². The number of hydrogen-bond donors (Lipinski definition) is 0.